The van der Waals surface area contributed by atoms with Gasteiger partial charge < -0.3 is 4.74 Å². The Morgan fingerprint density at radius 1 is 1.19 bits per heavy atom. The van der Waals surface area contributed by atoms with Crippen molar-refractivity contribution in [3.05, 3.63) is 29.8 Å². The predicted octanol–water partition coefficient (Wildman–Crippen LogP) is 2.43. The van der Waals surface area contributed by atoms with Gasteiger partial charge in [0.05, 0.1) is 10.5 Å². The van der Waals surface area contributed by atoms with Crippen LogP contribution in [-0.2, 0) is 14.8 Å². The van der Waals surface area contributed by atoms with Gasteiger partial charge in [0, 0.05) is 14.1 Å². The van der Waals surface area contributed by atoms with Crippen LogP contribution in [0.2, 0.25) is 0 Å². The summed E-state index contributed by atoms with van der Waals surface area (Å²) < 4.78 is 30.7. The third-order valence-electron chi connectivity index (χ3n) is 3.67. The van der Waals surface area contributed by atoms with E-state index in [2.05, 4.69) is 0 Å². The average Bonchev–Trinajstić information content (AvgIpc) is 2.48. The van der Waals surface area contributed by atoms with Crippen molar-refractivity contribution in [3.8, 4) is 0 Å². The highest BCUT2D eigenvalue weighted by Gasteiger charge is 2.21. The van der Waals surface area contributed by atoms with E-state index >= 15 is 0 Å². The molecule has 0 unspecified atom stereocenters. The number of esters is 1. The number of ether oxygens (including phenoxy) is 1. The Labute approximate surface area is 126 Å². The van der Waals surface area contributed by atoms with Gasteiger partial charge in [0.2, 0.25) is 10.0 Å². The van der Waals surface area contributed by atoms with Crippen molar-refractivity contribution in [1.29, 1.82) is 0 Å². The van der Waals surface area contributed by atoms with Gasteiger partial charge in [-0.25, -0.2) is 17.5 Å². The lowest BCUT2D eigenvalue weighted by molar-refractivity contribution is 0.0211. The van der Waals surface area contributed by atoms with Crippen molar-refractivity contribution >= 4 is 16.0 Å². The zero-order valence-corrected chi connectivity index (χ0v) is 13.2. The summed E-state index contributed by atoms with van der Waals surface area (Å²) in [7, 11) is -0.619. The Morgan fingerprint density at radius 2 is 1.86 bits per heavy atom. The summed E-state index contributed by atoms with van der Waals surface area (Å²) in [6.45, 7) is 0. The molecule has 0 amide bonds. The van der Waals surface area contributed by atoms with Crippen LogP contribution in [0.4, 0.5) is 0 Å². The second-order valence-corrected chi connectivity index (χ2v) is 7.63. The molecule has 1 saturated carbocycles. The van der Waals surface area contributed by atoms with E-state index in [0.717, 1.165) is 30.0 Å². The van der Waals surface area contributed by atoms with Gasteiger partial charge in [0.25, 0.3) is 0 Å². The second kappa shape index (κ2) is 6.58. The summed E-state index contributed by atoms with van der Waals surface area (Å²) in [4.78, 5) is 12.2. The minimum atomic E-state index is -3.54. The number of carbonyl (C=O) groups excluding carboxylic acids is 1. The van der Waals surface area contributed by atoms with E-state index in [1.165, 1.54) is 32.6 Å². The van der Waals surface area contributed by atoms with Crippen LogP contribution in [0.25, 0.3) is 0 Å². The van der Waals surface area contributed by atoms with Crippen molar-refractivity contribution in [2.75, 3.05) is 14.1 Å². The van der Waals surface area contributed by atoms with Crippen LogP contribution in [0.1, 0.15) is 42.5 Å². The number of carbonyl (C=O) groups is 1. The molecule has 6 heteroatoms. The number of sulfonamides is 1. The first-order chi connectivity index (χ1) is 9.91. The van der Waals surface area contributed by atoms with Gasteiger partial charge in [-0.2, -0.15) is 0 Å². The van der Waals surface area contributed by atoms with Crippen molar-refractivity contribution in [2.24, 2.45) is 0 Å². The second-order valence-electron chi connectivity index (χ2n) is 5.48. The molecule has 1 aliphatic rings. The molecule has 0 aliphatic heterocycles. The summed E-state index contributed by atoms with van der Waals surface area (Å²) in [5, 5.41) is 0. The molecular weight excluding hydrogens is 290 g/mol. The molecule has 1 fully saturated rings. The lowest BCUT2D eigenvalue weighted by atomic mass is 9.98. The van der Waals surface area contributed by atoms with E-state index in [1.807, 2.05) is 0 Å². The van der Waals surface area contributed by atoms with Crippen molar-refractivity contribution in [1.82, 2.24) is 4.31 Å². The topological polar surface area (TPSA) is 63.7 Å². The Kier molecular flexibility index (Phi) is 5.00. The van der Waals surface area contributed by atoms with Crippen molar-refractivity contribution < 1.29 is 17.9 Å². The van der Waals surface area contributed by atoms with Gasteiger partial charge >= 0.3 is 5.97 Å². The SMILES string of the molecule is CN(C)S(=O)(=O)c1cccc(C(=O)OC2CCCCC2)c1. The first kappa shape index (κ1) is 16.0. The Bertz CT molecular complexity index is 604. The average molecular weight is 311 g/mol. The molecule has 0 spiro atoms. The molecule has 0 radical (unpaired) electrons. The monoisotopic (exact) mass is 311 g/mol. The highest BCUT2D eigenvalue weighted by molar-refractivity contribution is 7.89. The predicted molar refractivity (Wildman–Crippen MR) is 79.6 cm³/mol. The van der Waals surface area contributed by atoms with Gasteiger partial charge in [0.1, 0.15) is 6.10 Å². The van der Waals surface area contributed by atoms with E-state index in [-0.39, 0.29) is 16.6 Å². The maximum Gasteiger partial charge on any atom is 0.338 e. The Balaban J connectivity index is 2.15. The van der Waals surface area contributed by atoms with Gasteiger partial charge in [-0.15, -0.1) is 0 Å². The molecule has 0 bridgehead atoms. The number of benzene rings is 1. The van der Waals surface area contributed by atoms with Crippen LogP contribution in [0.3, 0.4) is 0 Å². The maximum absolute atomic E-state index is 12.1. The molecule has 0 atom stereocenters. The lowest BCUT2D eigenvalue weighted by Crippen LogP contribution is -2.23. The fraction of sp³-hybridized carbons (Fsp3) is 0.533. The zero-order valence-electron chi connectivity index (χ0n) is 12.4. The van der Waals surface area contributed by atoms with Gasteiger partial charge in [0.15, 0.2) is 0 Å². The van der Waals surface area contributed by atoms with E-state index < -0.39 is 16.0 Å². The van der Waals surface area contributed by atoms with E-state index in [0.29, 0.717) is 0 Å². The minimum Gasteiger partial charge on any atom is -0.459 e. The molecule has 1 aromatic rings. The lowest BCUT2D eigenvalue weighted by Gasteiger charge is -2.22. The standard InChI is InChI=1S/C15H21NO4S/c1-16(2)21(18,19)14-10-6-7-12(11-14)15(17)20-13-8-4-3-5-9-13/h6-7,10-11,13H,3-5,8-9H2,1-2H3. The van der Waals surface area contributed by atoms with Gasteiger partial charge in [-0.3, -0.25) is 0 Å². The molecule has 0 heterocycles. The number of hydrogen-bond donors (Lipinski definition) is 0. The van der Waals surface area contributed by atoms with Crippen LogP contribution in [0.5, 0.6) is 0 Å². The van der Waals surface area contributed by atoms with Crippen molar-refractivity contribution in [2.45, 2.75) is 43.1 Å². The summed E-state index contributed by atoms with van der Waals surface area (Å²) >= 11 is 0. The number of nitrogens with zero attached hydrogens (tertiary/aromatic N) is 1. The fourth-order valence-electron chi connectivity index (χ4n) is 2.40. The fourth-order valence-corrected chi connectivity index (χ4v) is 3.34. The van der Waals surface area contributed by atoms with Gasteiger partial charge in [-0.05, 0) is 43.9 Å². The largest absolute Gasteiger partial charge is 0.459 e. The summed E-state index contributed by atoms with van der Waals surface area (Å²) in [6, 6.07) is 6.00. The zero-order chi connectivity index (χ0) is 15.5. The normalized spacial score (nSPS) is 16.9. The number of rotatable bonds is 4. The summed E-state index contributed by atoms with van der Waals surface area (Å²) in [5.41, 5.74) is 0.281. The van der Waals surface area contributed by atoms with Crippen molar-refractivity contribution in [3.63, 3.8) is 0 Å². The smallest absolute Gasteiger partial charge is 0.338 e. The molecule has 116 valence electrons. The molecule has 5 nitrogen and oxygen atoms in total. The summed E-state index contributed by atoms with van der Waals surface area (Å²) in [6.07, 6.45) is 5.08. The van der Waals surface area contributed by atoms with Gasteiger partial charge in [-0.1, -0.05) is 12.5 Å². The minimum absolute atomic E-state index is 0.0413. The van der Waals surface area contributed by atoms with Crippen LogP contribution in [0.15, 0.2) is 29.2 Å². The Hall–Kier alpha value is -1.40. The van der Waals surface area contributed by atoms with E-state index in [9.17, 15) is 13.2 Å². The summed E-state index contributed by atoms with van der Waals surface area (Å²) in [5.74, 6) is -0.447. The Morgan fingerprint density at radius 3 is 2.48 bits per heavy atom. The number of hydrogen-bond acceptors (Lipinski definition) is 4. The van der Waals surface area contributed by atoms with E-state index in [4.69, 9.17) is 4.74 Å². The highest BCUT2D eigenvalue weighted by Crippen LogP contribution is 2.22. The first-order valence-corrected chi connectivity index (χ1v) is 8.59. The molecule has 0 N–H and O–H groups in total. The third kappa shape index (κ3) is 3.83. The molecule has 1 aliphatic carbocycles. The molecule has 21 heavy (non-hydrogen) atoms. The molecule has 1 aromatic carbocycles. The quantitative estimate of drug-likeness (QED) is 0.801. The third-order valence-corrected chi connectivity index (χ3v) is 5.49. The molecule has 0 saturated heterocycles. The molecular formula is C15H21NO4S. The maximum atomic E-state index is 12.1. The van der Waals surface area contributed by atoms with Crippen LogP contribution < -0.4 is 0 Å². The molecule has 0 aromatic heterocycles. The molecule has 2 rings (SSSR count). The highest BCUT2D eigenvalue weighted by atomic mass is 32.2. The van der Waals surface area contributed by atoms with Crippen LogP contribution >= 0.6 is 0 Å². The first-order valence-electron chi connectivity index (χ1n) is 7.15. The van der Waals surface area contributed by atoms with Crippen LogP contribution in [-0.4, -0.2) is 38.9 Å². The van der Waals surface area contributed by atoms with E-state index in [1.54, 1.807) is 12.1 Å². The van der Waals surface area contributed by atoms with Crippen LogP contribution in [0, 0.1) is 0 Å².